The third-order valence-corrected chi connectivity index (χ3v) is 2.73. The van der Waals surface area contributed by atoms with Crippen LogP contribution in [0.3, 0.4) is 0 Å². The van der Waals surface area contributed by atoms with Crippen LogP contribution in [0.15, 0.2) is 12.1 Å². The Labute approximate surface area is 94.6 Å². The molecule has 0 aromatic heterocycles. The predicted molar refractivity (Wildman–Crippen MR) is 59.1 cm³/mol. The fourth-order valence-corrected chi connectivity index (χ4v) is 1.83. The molecule has 2 rings (SSSR count). The summed E-state index contributed by atoms with van der Waals surface area (Å²) in [6.07, 6.45) is 1.13. The van der Waals surface area contributed by atoms with Crippen molar-refractivity contribution in [1.29, 1.82) is 5.26 Å². The van der Waals surface area contributed by atoms with Crippen molar-refractivity contribution in [2.45, 2.75) is 25.8 Å². The van der Waals surface area contributed by atoms with E-state index in [1.165, 1.54) is 0 Å². The van der Waals surface area contributed by atoms with Gasteiger partial charge in [0.25, 0.3) is 0 Å². The number of nitriles is 1. The van der Waals surface area contributed by atoms with Gasteiger partial charge in [0.1, 0.15) is 0 Å². The molecule has 0 bridgehead atoms. The van der Waals surface area contributed by atoms with E-state index in [-0.39, 0.29) is 12.8 Å². The molecule has 4 nitrogen and oxygen atoms in total. The van der Waals surface area contributed by atoms with Crippen molar-refractivity contribution in [2.75, 3.05) is 6.79 Å². The third-order valence-electron chi connectivity index (χ3n) is 2.73. The number of nitrogens with zero attached hydrogens (tertiary/aromatic N) is 1. The van der Waals surface area contributed by atoms with Gasteiger partial charge in [0.15, 0.2) is 11.5 Å². The van der Waals surface area contributed by atoms with Gasteiger partial charge in [0, 0.05) is 12.5 Å². The lowest BCUT2D eigenvalue weighted by Crippen LogP contribution is -2.11. The van der Waals surface area contributed by atoms with Gasteiger partial charge in [0.05, 0.1) is 6.07 Å². The molecule has 1 heterocycles. The molecule has 1 aromatic rings. The van der Waals surface area contributed by atoms with E-state index in [4.69, 9.17) is 20.5 Å². The molecule has 4 heteroatoms. The first-order chi connectivity index (χ1) is 7.72. The quantitative estimate of drug-likeness (QED) is 0.842. The normalized spacial score (nSPS) is 14.6. The zero-order chi connectivity index (χ0) is 11.5. The molecule has 84 valence electrons. The number of aryl methyl sites for hydroxylation is 1. The van der Waals surface area contributed by atoms with Crippen LogP contribution in [0.1, 0.15) is 30.0 Å². The minimum Gasteiger partial charge on any atom is -0.454 e. The molecule has 0 saturated heterocycles. The molecule has 1 aliphatic rings. The number of ether oxygens (including phenoxy) is 2. The van der Waals surface area contributed by atoms with Gasteiger partial charge >= 0.3 is 0 Å². The summed E-state index contributed by atoms with van der Waals surface area (Å²) in [7, 11) is 0. The van der Waals surface area contributed by atoms with E-state index in [2.05, 4.69) is 6.07 Å². The Morgan fingerprint density at radius 2 is 2.12 bits per heavy atom. The van der Waals surface area contributed by atoms with Crippen molar-refractivity contribution in [3.63, 3.8) is 0 Å². The molecule has 2 N–H and O–H groups in total. The summed E-state index contributed by atoms with van der Waals surface area (Å²) in [5.74, 6) is 1.52. The van der Waals surface area contributed by atoms with Crippen molar-refractivity contribution < 1.29 is 9.47 Å². The van der Waals surface area contributed by atoms with Crippen LogP contribution in [-0.4, -0.2) is 6.79 Å². The number of hydrogen-bond donors (Lipinski definition) is 1. The molecule has 0 saturated carbocycles. The van der Waals surface area contributed by atoms with Crippen LogP contribution < -0.4 is 15.2 Å². The van der Waals surface area contributed by atoms with Gasteiger partial charge in [-0.3, -0.25) is 0 Å². The summed E-state index contributed by atoms with van der Waals surface area (Å²) in [4.78, 5) is 0. The highest BCUT2D eigenvalue weighted by molar-refractivity contribution is 5.49. The van der Waals surface area contributed by atoms with E-state index >= 15 is 0 Å². The second-order valence-electron chi connectivity index (χ2n) is 3.87. The van der Waals surface area contributed by atoms with Crippen molar-refractivity contribution in [3.05, 3.63) is 23.3 Å². The molecule has 0 aliphatic carbocycles. The number of fused-ring (bicyclic) bond motifs is 1. The molecule has 1 unspecified atom stereocenters. The number of benzene rings is 1. The Morgan fingerprint density at radius 1 is 1.44 bits per heavy atom. The number of nitrogens with two attached hydrogens (primary N) is 1. The molecule has 16 heavy (non-hydrogen) atoms. The molecule has 0 amide bonds. The van der Waals surface area contributed by atoms with Gasteiger partial charge in [-0.05, 0) is 36.6 Å². The Bertz CT molecular complexity index is 437. The fourth-order valence-electron chi connectivity index (χ4n) is 1.83. The SMILES string of the molecule is Cc1cc2c(cc1C(N)CCC#N)OCO2. The van der Waals surface area contributed by atoms with Gasteiger partial charge in [-0.25, -0.2) is 0 Å². The molecule has 0 radical (unpaired) electrons. The van der Waals surface area contributed by atoms with Crippen LogP contribution in [0.5, 0.6) is 11.5 Å². The van der Waals surface area contributed by atoms with Crippen LogP contribution in [0.25, 0.3) is 0 Å². The Balaban J connectivity index is 2.24. The fraction of sp³-hybridized carbons (Fsp3) is 0.417. The highest BCUT2D eigenvalue weighted by atomic mass is 16.7. The summed E-state index contributed by atoms with van der Waals surface area (Å²) < 4.78 is 10.6. The van der Waals surface area contributed by atoms with Gasteiger partial charge in [-0.2, -0.15) is 5.26 Å². The van der Waals surface area contributed by atoms with Crippen molar-refractivity contribution >= 4 is 0 Å². The molecule has 1 atom stereocenters. The van der Waals surface area contributed by atoms with Crippen LogP contribution in [-0.2, 0) is 0 Å². The maximum absolute atomic E-state index is 8.54. The van der Waals surface area contributed by atoms with Crippen molar-refractivity contribution in [1.82, 2.24) is 0 Å². The maximum Gasteiger partial charge on any atom is 0.231 e. The summed E-state index contributed by atoms with van der Waals surface area (Å²) in [5, 5.41) is 8.54. The smallest absolute Gasteiger partial charge is 0.231 e. The summed E-state index contributed by atoms with van der Waals surface area (Å²) in [6.45, 7) is 2.26. The standard InChI is InChI=1S/C12H14N2O2/c1-8-5-11-12(16-7-15-11)6-9(8)10(14)3-2-4-13/h5-6,10H,2-3,7,14H2,1H3. The van der Waals surface area contributed by atoms with Gasteiger partial charge in [-0.1, -0.05) is 0 Å². The van der Waals surface area contributed by atoms with Crippen LogP contribution in [0.4, 0.5) is 0 Å². The highest BCUT2D eigenvalue weighted by Gasteiger charge is 2.18. The zero-order valence-electron chi connectivity index (χ0n) is 9.19. The molecule has 1 aromatic carbocycles. The summed E-state index contributed by atoms with van der Waals surface area (Å²) >= 11 is 0. The lowest BCUT2D eigenvalue weighted by atomic mass is 9.98. The minimum atomic E-state index is -0.117. The zero-order valence-corrected chi connectivity index (χ0v) is 9.19. The number of rotatable bonds is 3. The van der Waals surface area contributed by atoms with Gasteiger partial charge in [0.2, 0.25) is 6.79 Å². The topological polar surface area (TPSA) is 68.3 Å². The summed E-state index contributed by atoms with van der Waals surface area (Å²) in [6, 6.07) is 5.84. The molecular weight excluding hydrogens is 204 g/mol. The maximum atomic E-state index is 8.54. The van der Waals surface area contributed by atoms with E-state index in [0.29, 0.717) is 12.8 Å². The monoisotopic (exact) mass is 218 g/mol. The molecule has 0 fully saturated rings. The first-order valence-electron chi connectivity index (χ1n) is 5.25. The Kier molecular flexibility index (Phi) is 2.97. The van der Waals surface area contributed by atoms with E-state index in [9.17, 15) is 0 Å². The average molecular weight is 218 g/mol. The first-order valence-corrected chi connectivity index (χ1v) is 5.25. The Morgan fingerprint density at radius 3 is 2.81 bits per heavy atom. The van der Waals surface area contributed by atoms with Gasteiger partial charge < -0.3 is 15.2 Å². The van der Waals surface area contributed by atoms with E-state index < -0.39 is 0 Å². The average Bonchev–Trinajstić information content (AvgIpc) is 2.71. The number of hydrogen-bond acceptors (Lipinski definition) is 4. The molecular formula is C12H14N2O2. The first kappa shape index (κ1) is 10.8. The molecule has 0 spiro atoms. The predicted octanol–water partition coefficient (Wildman–Crippen LogP) is 2.03. The van der Waals surface area contributed by atoms with E-state index in [1.807, 2.05) is 19.1 Å². The second kappa shape index (κ2) is 4.42. The van der Waals surface area contributed by atoms with E-state index in [1.54, 1.807) is 0 Å². The minimum absolute atomic E-state index is 0.117. The van der Waals surface area contributed by atoms with Crippen LogP contribution in [0.2, 0.25) is 0 Å². The lowest BCUT2D eigenvalue weighted by molar-refractivity contribution is 0.174. The third kappa shape index (κ3) is 1.95. The second-order valence-corrected chi connectivity index (χ2v) is 3.87. The van der Waals surface area contributed by atoms with E-state index in [0.717, 1.165) is 22.6 Å². The van der Waals surface area contributed by atoms with Crippen LogP contribution >= 0.6 is 0 Å². The highest BCUT2D eigenvalue weighted by Crippen LogP contribution is 2.36. The lowest BCUT2D eigenvalue weighted by Gasteiger charge is -2.14. The summed E-state index contributed by atoms with van der Waals surface area (Å²) in [5.41, 5.74) is 8.13. The van der Waals surface area contributed by atoms with Gasteiger partial charge in [-0.15, -0.1) is 0 Å². The van der Waals surface area contributed by atoms with Crippen LogP contribution in [0, 0.1) is 18.3 Å². The molecule has 1 aliphatic heterocycles. The Hall–Kier alpha value is -1.73. The largest absolute Gasteiger partial charge is 0.454 e. The van der Waals surface area contributed by atoms with Crippen molar-refractivity contribution in [3.8, 4) is 17.6 Å². The van der Waals surface area contributed by atoms with Crippen molar-refractivity contribution in [2.24, 2.45) is 5.73 Å².